The molecule has 1 rings (SSSR count). The Bertz CT molecular complexity index is 559. The SMILES string of the molecule is CCc1nc(=O)n(C(C)(C)CC)c(CC)c1CC(=O)O. The zero-order valence-electron chi connectivity index (χ0n) is 13.0. The molecule has 5 nitrogen and oxygen atoms in total. The van der Waals surface area contributed by atoms with Crippen molar-refractivity contribution in [3.63, 3.8) is 0 Å². The standard InChI is InChI=1S/C15H24N2O3/c1-6-11-10(9-13(18)19)12(7-2)17(14(20)16-11)15(4,5)8-3/h6-9H2,1-5H3,(H,18,19). The van der Waals surface area contributed by atoms with Gasteiger partial charge < -0.3 is 5.11 Å². The lowest BCUT2D eigenvalue weighted by molar-refractivity contribution is -0.136. The highest BCUT2D eigenvalue weighted by molar-refractivity contribution is 5.71. The maximum atomic E-state index is 12.3. The molecule has 0 unspecified atom stereocenters. The molecule has 0 aliphatic rings. The van der Waals surface area contributed by atoms with Crippen molar-refractivity contribution in [3.05, 3.63) is 27.4 Å². The van der Waals surface area contributed by atoms with Crippen LogP contribution in [0, 0.1) is 0 Å². The summed E-state index contributed by atoms with van der Waals surface area (Å²) in [6.07, 6.45) is 1.88. The molecule has 0 aliphatic heterocycles. The average molecular weight is 280 g/mol. The number of carboxylic acid groups (broad SMARTS) is 1. The molecule has 1 aromatic rings. The first-order chi connectivity index (χ1) is 9.28. The van der Waals surface area contributed by atoms with Gasteiger partial charge in [0.05, 0.1) is 12.1 Å². The predicted molar refractivity (Wildman–Crippen MR) is 78.2 cm³/mol. The number of aromatic nitrogens is 2. The summed E-state index contributed by atoms with van der Waals surface area (Å²) in [4.78, 5) is 27.5. The van der Waals surface area contributed by atoms with Crippen LogP contribution in [0.1, 0.15) is 58.0 Å². The Hall–Kier alpha value is -1.65. The highest BCUT2D eigenvalue weighted by atomic mass is 16.4. The van der Waals surface area contributed by atoms with E-state index in [-0.39, 0.29) is 17.6 Å². The van der Waals surface area contributed by atoms with Crippen LogP contribution in [0.15, 0.2) is 4.79 Å². The van der Waals surface area contributed by atoms with Crippen molar-refractivity contribution in [2.75, 3.05) is 0 Å². The van der Waals surface area contributed by atoms with Gasteiger partial charge in [-0.2, -0.15) is 4.98 Å². The second-order valence-electron chi connectivity index (χ2n) is 5.55. The maximum Gasteiger partial charge on any atom is 0.348 e. The van der Waals surface area contributed by atoms with Crippen molar-refractivity contribution in [2.45, 2.75) is 65.8 Å². The van der Waals surface area contributed by atoms with Crippen LogP contribution in [0.25, 0.3) is 0 Å². The van der Waals surface area contributed by atoms with E-state index in [2.05, 4.69) is 4.98 Å². The molecule has 0 atom stereocenters. The third-order valence-electron chi connectivity index (χ3n) is 3.86. The first-order valence-corrected chi connectivity index (χ1v) is 7.14. The minimum atomic E-state index is -0.893. The third-order valence-corrected chi connectivity index (χ3v) is 3.86. The molecule has 0 saturated carbocycles. The van der Waals surface area contributed by atoms with Crippen LogP contribution in [0.3, 0.4) is 0 Å². The van der Waals surface area contributed by atoms with Gasteiger partial charge in [0.2, 0.25) is 0 Å². The molecule has 1 heterocycles. The third kappa shape index (κ3) is 3.08. The van der Waals surface area contributed by atoms with E-state index in [0.29, 0.717) is 24.1 Å². The minimum absolute atomic E-state index is 0.0839. The summed E-state index contributed by atoms with van der Waals surface area (Å²) in [5, 5.41) is 9.11. The number of hydrogen-bond acceptors (Lipinski definition) is 3. The molecule has 20 heavy (non-hydrogen) atoms. The summed E-state index contributed by atoms with van der Waals surface area (Å²) in [5.41, 5.74) is 1.46. The smallest absolute Gasteiger partial charge is 0.348 e. The summed E-state index contributed by atoms with van der Waals surface area (Å²) >= 11 is 0. The lowest BCUT2D eigenvalue weighted by Gasteiger charge is -2.30. The van der Waals surface area contributed by atoms with Crippen LogP contribution >= 0.6 is 0 Å². The van der Waals surface area contributed by atoms with Gasteiger partial charge in [-0.1, -0.05) is 20.8 Å². The van der Waals surface area contributed by atoms with Crippen molar-refractivity contribution in [1.82, 2.24) is 9.55 Å². The zero-order valence-corrected chi connectivity index (χ0v) is 13.0. The lowest BCUT2D eigenvalue weighted by Crippen LogP contribution is -2.41. The number of rotatable bonds is 6. The van der Waals surface area contributed by atoms with Gasteiger partial charge in [0, 0.05) is 16.8 Å². The number of hydrogen-bond donors (Lipinski definition) is 1. The van der Waals surface area contributed by atoms with Gasteiger partial charge in [-0.25, -0.2) is 4.79 Å². The van der Waals surface area contributed by atoms with Crippen molar-refractivity contribution < 1.29 is 9.90 Å². The largest absolute Gasteiger partial charge is 0.481 e. The van der Waals surface area contributed by atoms with E-state index >= 15 is 0 Å². The van der Waals surface area contributed by atoms with E-state index in [1.807, 2.05) is 34.6 Å². The van der Waals surface area contributed by atoms with Crippen molar-refractivity contribution in [3.8, 4) is 0 Å². The number of carboxylic acids is 1. The van der Waals surface area contributed by atoms with Gasteiger partial charge in [-0.05, 0) is 33.1 Å². The van der Waals surface area contributed by atoms with Crippen LogP contribution in [0.5, 0.6) is 0 Å². The van der Waals surface area contributed by atoms with E-state index in [1.165, 1.54) is 0 Å². The number of carbonyl (C=O) groups is 1. The van der Waals surface area contributed by atoms with E-state index in [9.17, 15) is 9.59 Å². The summed E-state index contributed by atoms with van der Waals surface area (Å²) in [6, 6.07) is 0. The fraction of sp³-hybridized carbons (Fsp3) is 0.667. The molecule has 0 amide bonds. The van der Waals surface area contributed by atoms with Gasteiger partial charge in [0.15, 0.2) is 0 Å². The highest BCUT2D eigenvalue weighted by Crippen LogP contribution is 2.23. The van der Waals surface area contributed by atoms with E-state index in [1.54, 1.807) is 4.57 Å². The second-order valence-corrected chi connectivity index (χ2v) is 5.55. The second kappa shape index (κ2) is 6.20. The van der Waals surface area contributed by atoms with E-state index in [4.69, 9.17) is 5.11 Å². The van der Waals surface area contributed by atoms with Crippen LogP contribution < -0.4 is 5.69 Å². The minimum Gasteiger partial charge on any atom is -0.481 e. The highest BCUT2D eigenvalue weighted by Gasteiger charge is 2.26. The Morgan fingerprint density at radius 3 is 2.25 bits per heavy atom. The molecule has 0 fully saturated rings. The van der Waals surface area contributed by atoms with E-state index in [0.717, 1.165) is 12.1 Å². The summed E-state index contributed by atoms with van der Waals surface area (Å²) < 4.78 is 1.67. The first kappa shape index (κ1) is 16.4. The molecule has 0 saturated heterocycles. The fourth-order valence-electron chi connectivity index (χ4n) is 2.45. The topological polar surface area (TPSA) is 72.2 Å². The Morgan fingerprint density at radius 1 is 1.25 bits per heavy atom. The molecular formula is C15H24N2O3. The van der Waals surface area contributed by atoms with Crippen LogP contribution in [-0.2, 0) is 29.6 Å². The van der Waals surface area contributed by atoms with Gasteiger partial charge in [0.25, 0.3) is 0 Å². The molecular weight excluding hydrogens is 256 g/mol. The van der Waals surface area contributed by atoms with Crippen LogP contribution in [0.4, 0.5) is 0 Å². The summed E-state index contributed by atoms with van der Waals surface area (Å²) in [5.74, 6) is -0.893. The molecule has 0 spiro atoms. The normalized spacial score (nSPS) is 11.7. The molecule has 112 valence electrons. The van der Waals surface area contributed by atoms with Crippen molar-refractivity contribution in [2.24, 2.45) is 0 Å². The number of nitrogens with zero attached hydrogens (tertiary/aromatic N) is 2. The maximum absolute atomic E-state index is 12.3. The lowest BCUT2D eigenvalue weighted by atomic mass is 9.97. The predicted octanol–water partition coefficient (Wildman–Crippen LogP) is 2.14. The van der Waals surface area contributed by atoms with Crippen LogP contribution in [0.2, 0.25) is 0 Å². The molecule has 0 radical (unpaired) electrons. The monoisotopic (exact) mass is 280 g/mol. The summed E-state index contributed by atoms with van der Waals surface area (Å²) in [7, 11) is 0. The Morgan fingerprint density at radius 2 is 1.85 bits per heavy atom. The Balaban J connectivity index is 3.69. The van der Waals surface area contributed by atoms with Gasteiger partial charge in [-0.3, -0.25) is 9.36 Å². The van der Waals surface area contributed by atoms with Crippen molar-refractivity contribution >= 4 is 5.97 Å². The molecule has 0 bridgehead atoms. The molecule has 1 aromatic heterocycles. The summed E-state index contributed by atoms with van der Waals surface area (Å²) in [6.45, 7) is 9.80. The quantitative estimate of drug-likeness (QED) is 0.866. The number of aliphatic carboxylic acids is 1. The van der Waals surface area contributed by atoms with Crippen LogP contribution in [-0.4, -0.2) is 20.6 Å². The molecule has 5 heteroatoms. The Labute approximate surface area is 119 Å². The van der Waals surface area contributed by atoms with Crippen molar-refractivity contribution in [1.29, 1.82) is 0 Å². The van der Waals surface area contributed by atoms with Gasteiger partial charge >= 0.3 is 11.7 Å². The van der Waals surface area contributed by atoms with E-state index < -0.39 is 5.97 Å². The molecule has 0 aromatic carbocycles. The fourth-order valence-corrected chi connectivity index (χ4v) is 2.45. The zero-order chi connectivity index (χ0) is 15.5. The molecule has 1 N–H and O–H groups in total. The molecule has 0 aliphatic carbocycles. The van der Waals surface area contributed by atoms with Gasteiger partial charge in [0.1, 0.15) is 0 Å². The number of aryl methyl sites for hydroxylation is 1. The Kier molecular flexibility index (Phi) is 5.09. The van der Waals surface area contributed by atoms with Gasteiger partial charge in [-0.15, -0.1) is 0 Å². The first-order valence-electron chi connectivity index (χ1n) is 7.14. The average Bonchev–Trinajstić information content (AvgIpc) is 2.38.